The van der Waals surface area contributed by atoms with Crippen molar-refractivity contribution in [3.63, 3.8) is 0 Å². The van der Waals surface area contributed by atoms with Crippen LogP contribution in [0, 0.1) is 5.92 Å². The third-order valence-electron chi connectivity index (χ3n) is 6.73. The van der Waals surface area contributed by atoms with Gasteiger partial charge >= 0.3 is 0 Å². The van der Waals surface area contributed by atoms with Gasteiger partial charge in [0.15, 0.2) is 6.23 Å². The number of amides is 1. The Morgan fingerprint density at radius 1 is 1.06 bits per heavy atom. The molecule has 0 spiro atoms. The fourth-order valence-corrected chi connectivity index (χ4v) is 5.58. The summed E-state index contributed by atoms with van der Waals surface area (Å²) in [6.45, 7) is 2.99. The van der Waals surface area contributed by atoms with Gasteiger partial charge in [-0.3, -0.25) is 4.79 Å². The summed E-state index contributed by atoms with van der Waals surface area (Å²) in [7, 11) is 0. The lowest BCUT2D eigenvalue weighted by molar-refractivity contribution is -0.940. The number of carbonyl (C=O) groups is 1. The van der Waals surface area contributed by atoms with Crippen molar-refractivity contribution in [2.45, 2.75) is 54.6 Å². The van der Waals surface area contributed by atoms with E-state index in [0.717, 1.165) is 22.8 Å². The molecule has 0 aliphatic carbocycles. The molecule has 4 rings (SSSR count). The first-order chi connectivity index (χ1) is 14.9. The zero-order chi connectivity index (χ0) is 21.8. The number of fused-ring (bicyclic) bond motifs is 2. The first kappa shape index (κ1) is 23.1. The standard InChI is InChI=1S/C24H29Cl3N2O2/c25-24(26,27)23(31-16-19-10-6-14-29-13-4-3-12-21(19)29)28-22(30)15-18-9-5-8-17-7-1-2-11-20(17)18/h1-2,5,7-9,11,19,21,23H,3-4,6,10,12-16H2,(H,28,30)/p+1/t19-,21+,23+/m1/s1. The number of alkyl halides is 3. The van der Waals surface area contributed by atoms with E-state index in [9.17, 15) is 4.79 Å². The summed E-state index contributed by atoms with van der Waals surface area (Å²) in [5.74, 6) is 0.218. The Labute approximate surface area is 199 Å². The van der Waals surface area contributed by atoms with Gasteiger partial charge in [0.1, 0.15) is 0 Å². The lowest BCUT2D eigenvalue weighted by Crippen LogP contribution is -3.18. The first-order valence-corrected chi connectivity index (χ1v) is 12.3. The molecule has 1 unspecified atom stereocenters. The quantitative estimate of drug-likeness (QED) is 0.480. The fraction of sp³-hybridized carbons (Fsp3) is 0.542. The molecule has 2 N–H and O–H groups in total. The van der Waals surface area contributed by atoms with Crippen molar-refractivity contribution in [1.29, 1.82) is 0 Å². The van der Waals surface area contributed by atoms with E-state index in [4.69, 9.17) is 39.5 Å². The van der Waals surface area contributed by atoms with Crippen LogP contribution >= 0.6 is 34.8 Å². The number of nitrogens with one attached hydrogen (secondary N) is 2. The summed E-state index contributed by atoms with van der Waals surface area (Å²) in [4.78, 5) is 14.5. The largest absolute Gasteiger partial charge is 0.353 e. The van der Waals surface area contributed by atoms with Crippen molar-refractivity contribution >= 4 is 51.5 Å². The van der Waals surface area contributed by atoms with Crippen molar-refractivity contribution in [2.75, 3.05) is 19.7 Å². The number of quaternary nitrogens is 1. The highest BCUT2D eigenvalue weighted by atomic mass is 35.6. The lowest BCUT2D eigenvalue weighted by Gasteiger charge is -2.41. The van der Waals surface area contributed by atoms with Gasteiger partial charge in [-0.2, -0.15) is 0 Å². The second-order valence-electron chi connectivity index (χ2n) is 8.80. The monoisotopic (exact) mass is 483 g/mol. The molecule has 2 saturated heterocycles. The molecule has 2 aromatic carbocycles. The van der Waals surface area contributed by atoms with Crippen LogP contribution in [0.4, 0.5) is 0 Å². The maximum Gasteiger partial charge on any atom is 0.234 e. The molecule has 2 aromatic rings. The molecule has 2 aliphatic rings. The summed E-state index contributed by atoms with van der Waals surface area (Å²) >= 11 is 18.5. The number of rotatable bonds is 6. The molecule has 2 fully saturated rings. The number of ether oxygens (including phenoxy) is 1. The second kappa shape index (κ2) is 10.3. The van der Waals surface area contributed by atoms with E-state index in [1.54, 1.807) is 4.90 Å². The number of carbonyl (C=O) groups excluding carboxylic acids is 1. The Balaban J connectivity index is 1.39. The summed E-state index contributed by atoms with van der Waals surface area (Å²) in [5.41, 5.74) is 0.937. The minimum atomic E-state index is -1.73. The Morgan fingerprint density at radius 2 is 1.84 bits per heavy atom. The number of hydrogen-bond acceptors (Lipinski definition) is 2. The Morgan fingerprint density at radius 3 is 2.68 bits per heavy atom. The molecule has 7 heteroatoms. The van der Waals surface area contributed by atoms with Crippen LogP contribution in [-0.4, -0.2) is 41.7 Å². The molecule has 168 valence electrons. The number of hydrogen-bond donors (Lipinski definition) is 2. The van der Waals surface area contributed by atoms with Crippen LogP contribution in [-0.2, 0) is 16.0 Å². The van der Waals surface area contributed by atoms with Gasteiger partial charge in [-0.25, -0.2) is 0 Å². The summed E-state index contributed by atoms with van der Waals surface area (Å²) in [5, 5.41) is 4.96. The zero-order valence-corrected chi connectivity index (χ0v) is 19.9. The highest BCUT2D eigenvalue weighted by molar-refractivity contribution is 6.68. The molecule has 0 aromatic heterocycles. The van der Waals surface area contributed by atoms with Crippen LogP contribution in [0.2, 0.25) is 0 Å². The maximum atomic E-state index is 12.8. The number of halogens is 3. The highest BCUT2D eigenvalue weighted by Gasteiger charge is 2.40. The van der Waals surface area contributed by atoms with Crippen molar-refractivity contribution < 1.29 is 14.4 Å². The minimum Gasteiger partial charge on any atom is -0.353 e. The van der Waals surface area contributed by atoms with Crippen molar-refractivity contribution in [3.8, 4) is 0 Å². The smallest absolute Gasteiger partial charge is 0.234 e. The molecule has 2 aliphatic heterocycles. The minimum absolute atomic E-state index is 0.200. The fourth-order valence-electron chi connectivity index (χ4n) is 5.23. The summed E-state index contributed by atoms with van der Waals surface area (Å²) in [6.07, 6.45) is 5.37. The number of benzene rings is 2. The summed E-state index contributed by atoms with van der Waals surface area (Å²) < 4.78 is 4.32. The van der Waals surface area contributed by atoms with Gasteiger partial charge in [-0.05, 0) is 48.4 Å². The molecular weight excluding hydrogens is 455 g/mol. The molecule has 0 radical (unpaired) electrons. The van der Waals surface area contributed by atoms with Crippen LogP contribution < -0.4 is 10.2 Å². The van der Waals surface area contributed by atoms with Gasteiger partial charge in [0.05, 0.1) is 32.2 Å². The van der Waals surface area contributed by atoms with Gasteiger partial charge < -0.3 is 15.0 Å². The Hall–Kier alpha value is -1.04. The van der Waals surface area contributed by atoms with E-state index in [1.807, 2.05) is 42.5 Å². The van der Waals surface area contributed by atoms with Gasteiger partial charge in [0, 0.05) is 5.92 Å². The molecule has 4 nitrogen and oxygen atoms in total. The van der Waals surface area contributed by atoms with E-state index in [-0.39, 0.29) is 12.3 Å². The predicted molar refractivity (Wildman–Crippen MR) is 127 cm³/mol. The van der Waals surface area contributed by atoms with Gasteiger partial charge in [0.25, 0.3) is 0 Å². The first-order valence-electron chi connectivity index (χ1n) is 11.2. The molecule has 4 atom stereocenters. The molecule has 2 heterocycles. The SMILES string of the molecule is O=C(Cc1cccc2ccccc12)N[C@@H](OC[C@H]1CCC[NH+]2CCCC[C@@H]12)C(Cl)(Cl)Cl. The van der Waals surface area contributed by atoms with Crippen LogP contribution in [0.25, 0.3) is 10.8 Å². The van der Waals surface area contributed by atoms with Crippen molar-refractivity contribution in [2.24, 2.45) is 5.92 Å². The Bertz CT molecular complexity index is 895. The van der Waals surface area contributed by atoms with Crippen LogP contribution in [0.15, 0.2) is 42.5 Å². The Kier molecular flexibility index (Phi) is 7.66. The van der Waals surface area contributed by atoms with E-state index < -0.39 is 10.0 Å². The molecule has 0 saturated carbocycles. The molecule has 1 amide bonds. The highest BCUT2D eigenvalue weighted by Crippen LogP contribution is 2.32. The van der Waals surface area contributed by atoms with Gasteiger partial charge in [-0.1, -0.05) is 77.3 Å². The normalized spacial score (nSPS) is 25.1. The van der Waals surface area contributed by atoms with Crippen LogP contribution in [0.1, 0.15) is 37.7 Å². The van der Waals surface area contributed by atoms with E-state index >= 15 is 0 Å². The molecule has 0 bridgehead atoms. The van der Waals surface area contributed by atoms with E-state index in [2.05, 4.69) is 5.32 Å². The third-order valence-corrected chi connectivity index (χ3v) is 7.32. The van der Waals surface area contributed by atoms with Gasteiger partial charge in [0.2, 0.25) is 9.70 Å². The average molecular weight is 485 g/mol. The molecule has 31 heavy (non-hydrogen) atoms. The van der Waals surface area contributed by atoms with E-state index in [0.29, 0.717) is 18.6 Å². The second-order valence-corrected chi connectivity index (χ2v) is 11.2. The van der Waals surface area contributed by atoms with Crippen molar-refractivity contribution in [1.82, 2.24) is 5.32 Å². The predicted octanol–water partition coefficient (Wildman–Crippen LogP) is 4.06. The number of piperidine rings is 2. The van der Waals surface area contributed by atoms with Crippen LogP contribution in [0.5, 0.6) is 0 Å². The molecular formula is C24H30Cl3N2O2+. The topological polar surface area (TPSA) is 42.8 Å². The average Bonchev–Trinajstić information content (AvgIpc) is 2.76. The zero-order valence-electron chi connectivity index (χ0n) is 17.6. The van der Waals surface area contributed by atoms with Crippen LogP contribution in [0.3, 0.4) is 0 Å². The van der Waals surface area contributed by atoms with Crippen molar-refractivity contribution in [3.05, 3.63) is 48.0 Å². The van der Waals surface area contributed by atoms with E-state index in [1.165, 1.54) is 38.8 Å². The lowest BCUT2D eigenvalue weighted by atomic mass is 9.84. The maximum absolute atomic E-state index is 12.8. The third kappa shape index (κ3) is 5.85. The van der Waals surface area contributed by atoms with Gasteiger partial charge in [-0.15, -0.1) is 0 Å². The summed E-state index contributed by atoms with van der Waals surface area (Å²) in [6, 6.07) is 14.6.